The van der Waals surface area contributed by atoms with E-state index >= 15 is 0 Å². The molecule has 1 unspecified atom stereocenters. The number of hydrogen-bond donors (Lipinski definition) is 2. The first kappa shape index (κ1) is 11.6. The highest BCUT2D eigenvalue weighted by atomic mass is 16.2. The average Bonchev–Trinajstić information content (AvgIpc) is 3.08. The van der Waals surface area contributed by atoms with Gasteiger partial charge in [-0.05, 0) is 19.8 Å². The van der Waals surface area contributed by atoms with Gasteiger partial charge >= 0.3 is 0 Å². The van der Waals surface area contributed by atoms with Gasteiger partial charge in [0.1, 0.15) is 6.04 Å². The summed E-state index contributed by atoms with van der Waals surface area (Å²) in [6.07, 6.45) is 5.19. The van der Waals surface area contributed by atoms with E-state index in [4.69, 9.17) is 0 Å². The molecule has 92 valence electrons. The first-order valence-corrected chi connectivity index (χ1v) is 5.66. The van der Waals surface area contributed by atoms with Crippen molar-refractivity contribution in [3.05, 3.63) is 22.7 Å². The van der Waals surface area contributed by atoms with E-state index < -0.39 is 6.04 Å². The molecule has 1 heterocycles. The van der Waals surface area contributed by atoms with Gasteiger partial charge in [-0.25, -0.2) is 4.98 Å². The normalized spacial score (nSPS) is 16.4. The fourth-order valence-electron chi connectivity index (χ4n) is 1.42. The SMILES string of the molecule is CC(Nc1nccn(C)c1=O)C(=O)NC1CC1. The zero-order chi connectivity index (χ0) is 12.4. The van der Waals surface area contributed by atoms with Crippen LogP contribution in [0.4, 0.5) is 5.82 Å². The summed E-state index contributed by atoms with van der Waals surface area (Å²) in [6, 6.07) is -0.142. The monoisotopic (exact) mass is 236 g/mol. The van der Waals surface area contributed by atoms with Crippen molar-refractivity contribution < 1.29 is 4.79 Å². The first-order chi connectivity index (χ1) is 8.08. The lowest BCUT2D eigenvalue weighted by Gasteiger charge is -2.14. The van der Waals surface area contributed by atoms with E-state index in [9.17, 15) is 9.59 Å². The van der Waals surface area contributed by atoms with Crippen LogP contribution in [0.25, 0.3) is 0 Å². The minimum absolute atomic E-state index is 0.0970. The average molecular weight is 236 g/mol. The number of anilines is 1. The molecule has 1 fully saturated rings. The largest absolute Gasteiger partial charge is 0.354 e. The lowest BCUT2D eigenvalue weighted by Crippen LogP contribution is -2.40. The lowest BCUT2D eigenvalue weighted by molar-refractivity contribution is -0.121. The van der Waals surface area contributed by atoms with Gasteiger partial charge in [-0.2, -0.15) is 0 Å². The van der Waals surface area contributed by atoms with E-state index in [1.807, 2.05) is 0 Å². The van der Waals surface area contributed by atoms with Crippen molar-refractivity contribution in [3.63, 3.8) is 0 Å². The van der Waals surface area contributed by atoms with Crippen molar-refractivity contribution in [2.24, 2.45) is 7.05 Å². The van der Waals surface area contributed by atoms with E-state index in [-0.39, 0.29) is 17.3 Å². The highest BCUT2D eigenvalue weighted by Crippen LogP contribution is 2.18. The van der Waals surface area contributed by atoms with Crippen LogP contribution in [0.15, 0.2) is 17.2 Å². The Labute approximate surface area is 99.1 Å². The molecule has 0 bridgehead atoms. The molecule has 0 aromatic carbocycles. The predicted octanol–water partition coefficient (Wildman–Crippen LogP) is -0.141. The molecule has 1 aliphatic carbocycles. The van der Waals surface area contributed by atoms with Crippen molar-refractivity contribution in [3.8, 4) is 0 Å². The molecule has 1 aromatic rings. The minimum Gasteiger partial charge on any atom is -0.354 e. The molecule has 0 aliphatic heterocycles. The summed E-state index contributed by atoms with van der Waals surface area (Å²) in [7, 11) is 1.64. The molecule has 1 amide bonds. The second kappa shape index (κ2) is 4.57. The molecule has 1 aromatic heterocycles. The second-order valence-electron chi connectivity index (χ2n) is 4.34. The quantitative estimate of drug-likeness (QED) is 0.763. The molecule has 0 radical (unpaired) electrons. The molecular formula is C11H16N4O2. The number of nitrogens with zero attached hydrogens (tertiary/aromatic N) is 2. The summed E-state index contributed by atoms with van der Waals surface area (Å²) in [6.45, 7) is 1.71. The van der Waals surface area contributed by atoms with E-state index in [0.717, 1.165) is 12.8 Å². The highest BCUT2D eigenvalue weighted by molar-refractivity contribution is 5.84. The zero-order valence-corrected chi connectivity index (χ0v) is 9.93. The maximum atomic E-state index is 11.7. The molecule has 1 atom stereocenters. The summed E-state index contributed by atoms with van der Waals surface area (Å²) in [5, 5.41) is 5.70. The topological polar surface area (TPSA) is 76.0 Å². The van der Waals surface area contributed by atoms with Crippen LogP contribution >= 0.6 is 0 Å². The summed E-state index contributed by atoms with van der Waals surface area (Å²) in [5.41, 5.74) is -0.237. The Bertz CT molecular complexity index is 479. The van der Waals surface area contributed by atoms with Crippen LogP contribution in [0, 0.1) is 0 Å². The molecule has 0 spiro atoms. The summed E-state index contributed by atoms with van der Waals surface area (Å²) >= 11 is 0. The number of aromatic nitrogens is 2. The first-order valence-electron chi connectivity index (χ1n) is 5.66. The second-order valence-corrected chi connectivity index (χ2v) is 4.34. The number of amides is 1. The third-order valence-corrected chi connectivity index (χ3v) is 2.69. The van der Waals surface area contributed by atoms with Crippen molar-refractivity contribution in [1.82, 2.24) is 14.9 Å². The fourth-order valence-corrected chi connectivity index (χ4v) is 1.42. The molecule has 6 heteroatoms. The maximum Gasteiger partial charge on any atom is 0.293 e. The standard InChI is InChI=1S/C11H16N4O2/c1-7(10(16)14-8-3-4-8)13-9-11(17)15(2)6-5-12-9/h5-8H,3-4H2,1-2H3,(H,12,13)(H,14,16). The van der Waals surface area contributed by atoms with Gasteiger partial charge in [0.15, 0.2) is 5.82 Å². The summed E-state index contributed by atoms with van der Waals surface area (Å²) < 4.78 is 1.42. The molecule has 2 rings (SSSR count). The van der Waals surface area contributed by atoms with Crippen LogP contribution in [0.3, 0.4) is 0 Å². The molecular weight excluding hydrogens is 220 g/mol. The van der Waals surface area contributed by atoms with E-state index in [2.05, 4.69) is 15.6 Å². The summed E-state index contributed by atoms with van der Waals surface area (Å²) in [4.78, 5) is 27.3. The predicted molar refractivity (Wildman–Crippen MR) is 63.7 cm³/mol. The minimum atomic E-state index is -0.460. The van der Waals surface area contributed by atoms with Gasteiger partial charge in [0.05, 0.1) is 0 Å². The third-order valence-electron chi connectivity index (χ3n) is 2.69. The van der Waals surface area contributed by atoms with Gasteiger partial charge in [0.25, 0.3) is 5.56 Å². The van der Waals surface area contributed by atoms with Gasteiger partial charge < -0.3 is 15.2 Å². The fraction of sp³-hybridized carbons (Fsp3) is 0.545. The van der Waals surface area contributed by atoms with Crippen molar-refractivity contribution in [2.75, 3.05) is 5.32 Å². The van der Waals surface area contributed by atoms with Crippen LogP contribution in [-0.2, 0) is 11.8 Å². The van der Waals surface area contributed by atoms with Crippen LogP contribution < -0.4 is 16.2 Å². The third kappa shape index (κ3) is 2.83. The number of hydrogen-bond acceptors (Lipinski definition) is 4. The molecule has 1 aliphatic rings. The van der Waals surface area contributed by atoms with Crippen molar-refractivity contribution in [2.45, 2.75) is 31.8 Å². The van der Waals surface area contributed by atoms with Crippen molar-refractivity contribution >= 4 is 11.7 Å². The molecule has 1 saturated carbocycles. The summed E-state index contributed by atoms with van der Waals surface area (Å²) in [5.74, 6) is 0.105. The lowest BCUT2D eigenvalue weighted by atomic mass is 10.3. The Hall–Kier alpha value is -1.85. The van der Waals surface area contributed by atoms with Crippen LogP contribution in [0.1, 0.15) is 19.8 Å². The maximum absolute atomic E-state index is 11.7. The van der Waals surface area contributed by atoms with Crippen LogP contribution in [-0.4, -0.2) is 27.5 Å². The molecule has 2 N–H and O–H groups in total. The Morgan fingerprint density at radius 3 is 2.94 bits per heavy atom. The zero-order valence-electron chi connectivity index (χ0n) is 9.93. The Morgan fingerprint density at radius 1 is 1.59 bits per heavy atom. The number of rotatable bonds is 4. The Morgan fingerprint density at radius 2 is 2.29 bits per heavy atom. The molecule has 0 saturated heterocycles. The van der Waals surface area contributed by atoms with E-state index in [1.165, 1.54) is 10.8 Å². The van der Waals surface area contributed by atoms with E-state index in [1.54, 1.807) is 20.2 Å². The van der Waals surface area contributed by atoms with Gasteiger partial charge in [-0.1, -0.05) is 0 Å². The number of carbonyl (C=O) groups is 1. The highest BCUT2D eigenvalue weighted by Gasteiger charge is 2.25. The van der Waals surface area contributed by atoms with Crippen LogP contribution in [0.5, 0.6) is 0 Å². The smallest absolute Gasteiger partial charge is 0.293 e. The Kier molecular flexibility index (Phi) is 3.12. The molecule has 17 heavy (non-hydrogen) atoms. The van der Waals surface area contributed by atoms with Crippen molar-refractivity contribution in [1.29, 1.82) is 0 Å². The van der Waals surface area contributed by atoms with E-state index in [0.29, 0.717) is 6.04 Å². The van der Waals surface area contributed by atoms with Gasteiger partial charge in [0, 0.05) is 25.5 Å². The number of carbonyl (C=O) groups excluding carboxylic acids is 1. The van der Waals surface area contributed by atoms with Gasteiger partial charge in [-0.15, -0.1) is 0 Å². The molecule has 6 nitrogen and oxygen atoms in total. The van der Waals surface area contributed by atoms with Crippen LogP contribution in [0.2, 0.25) is 0 Å². The van der Waals surface area contributed by atoms with Gasteiger partial charge in [0.2, 0.25) is 5.91 Å². The van der Waals surface area contributed by atoms with Gasteiger partial charge in [-0.3, -0.25) is 9.59 Å². The number of nitrogens with one attached hydrogen (secondary N) is 2. The number of aryl methyl sites for hydroxylation is 1. The Balaban J connectivity index is 2.01.